The van der Waals surface area contributed by atoms with E-state index in [9.17, 15) is 15.0 Å². The fraction of sp³-hybridized carbons (Fsp3) is 0.381. The van der Waals surface area contributed by atoms with Crippen molar-refractivity contribution in [1.29, 1.82) is 0 Å². The third-order valence-corrected chi connectivity index (χ3v) is 4.59. The van der Waals surface area contributed by atoms with Crippen LogP contribution < -0.4 is 16.4 Å². The van der Waals surface area contributed by atoms with Crippen molar-refractivity contribution < 1.29 is 20.1 Å². The van der Waals surface area contributed by atoms with Crippen LogP contribution in [0.3, 0.4) is 0 Å². The van der Waals surface area contributed by atoms with E-state index in [-0.39, 0.29) is 13.1 Å². The van der Waals surface area contributed by atoms with E-state index < -0.39 is 30.4 Å². The predicted molar refractivity (Wildman–Crippen MR) is 108 cm³/mol. The molecule has 1 amide bonds. The molecule has 0 saturated heterocycles. The molecular weight excluding hydrogens is 358 g/mol. The third-order valence-electron chi connectivity index (χ3n) is 4.59. The lowest BCUT2D eigenvalue weighted by Crippen LogP contribution is -2.50. The molecule has 0 aliphatic heterocycles. The smallest absolute Gasteiger partial charge is 0.404 e. The molecule has 0 heterocycles. The number of aliphatic hydroxyl groups excluding tert-OH is 2. The minimum absolute atomic E-state index is 0.132. The summed E-state index contributed by atoms with van der Waals surface area (Å²) in [4.78, 5) is 11.1. The van der Waals surface area contributed by atoms with Crippen molar-refractivity contribution in [3.05, 3.63) is 71.8 Å². The molecular formula is C21H29N3O4. The summed E-state index contributed by atoms with van der Waals surface area (Å²) in [7, 11) is 0. The first-order chi connectivity index (χ1) is 13.5. The zero-order valence-electron chi connectivity index (χ0n) is 15.7. The predicted octanol–water partition coefficient (Wildman–Crippen LogP) is 0.747. The van der Waals surface area contributed by atoms with Gasteiger partial charge >= 0.3 is 6.09 Å². The van der Waals surface area contributed by atoms with Gasteiger partial charge in [-0.25, -0.2) is 4.79 Å². The monoisotopic (exact) mass is 387 g/mol. The highest BCUT2D eigenvalue weighted by Gasteiger charge is 2.22. The Morgan fingerprint density at radius 2 is 1.36 bits per heavy atom. The van der Waals surface area contributed by atoms with Gasteiger partial charge < -0.3 is 31.7 Å². The van der Waals surface area contributed by atoms with Gasteiger partial charge in [0.25, 0.3) is 0 Å². The first kappa shape index (κ1) is 21.8. The molecule has 7 N–H and O–H groups in total. The van der Waals surface area contributed by atoms with E-state index in [1.807, 2.05) is 60.7 Å². The van der Waals surface area contributed by atoms with Crippen molar-refractivity contribution >= 4 is 6.09 Å². The average molecular weight is 387 g/mol. The molecule has 152 valence electrons. The topological polar surface area (TPSA) is 128 Å². The Bertz CT molecular complexity index is 699. The molecule has 7 nitrogen and oxygen atoms in total. The highest BCUT2D eigenvalue weighted by Crippen LogP contribution is 2.07. The van der Waals surface area contributed by atoms with Gasteiger partial charge in [-0.3, -0.25) is 0 Å². The molecule has 2 rings (SSSR count). The highest BCUT2D eigenvalue weighted by molar-refractivity contribution is 5.65. The van der Waals surface area contributed by atoms with Crippen molar-refractivity contribution in [3.8, 4) is 0 Å². The lowest BCUT2D eigenvalue weighted by atomic mass is 10.0. The minimum atomic E-state index is -1.19. The number of carbonyl (C=O) groups is 1. The van der Waals surface area contributed by atoms with Crippen LogP contribution in [0.5, 0.6) is 0 Å². The fourth-order valence-electron chi connectivity index (χ4n) is 3.00. The SMILES string of the molecule is NC(Cc1ccccc1)C(O)CNCC(O)C(Cc1ccccc1)NC(=O)O. The van der Waals surface area contributed by atoms with Gasteiger partial charge in [-0.1, -0.05) is 60.7 Å². The van der Waals surface area contributed by atoms with Gasteiger partial charge in [0.1, 0.15) is 0 Å². The summed E-state index contributed by atoms with van der Waals surface area (Å²) in [5.74, 6) is 0. The second kappa shape index (κ2) is 11.4. The number of nitrogens with one attached hydrogen (secondary N) is 2. The van der Waals surface area contributed by atoms with Crippen molar-refractivity contribution in [1.82, 2.24) is 10.6 Å². The number of hydrogen-bond acceptors (Lipinski definition) is 5. The molecule has 28 heavy (non-hydrogen) atoms. The molecule has 4 atom stereocenters. The van der Waals surface area contributed by atoms with Crippen LogP contribution in [0, 0.1) is 0 Å². The molecule has 4 unspecified atom stereocenters. The summed E-state index contributed by atoms with van der Waals surface area (Å²) in [5.41, 5.74) is 8.02. The number of benzene rings is 2. The molecule has 0 saturated carbocycles. The molecule has 0 aromatic heterocycles. The molecule has 0 radical (unpaired) electrons. The van der Waals surface area contributed by atoms with Crippen LogP contribution in [0.25, 0.3) is 0 Å². The van der Waals surface area contributed by atoms with E-state index >= 15 is 0 Å². The van der Waals surface area contributed by atoms with Crippen molar-refractivity contribution in [3.63, 3.8) is 0 Å². The van der Waals surface area contributed by atoms with Crippen molar-refractivity contribution in [2.75, 3.05) is 13.1 Å². The molecule has 0 aliphatic carbocycles. The Kier molecular flexibility index (Phi) is 8.90. The van der Waals surface area contributed by atoms with Crippen LogP contribution in [-0.2, 0) is 12.8 Å². The maximum absolute atomic E-state index is 11.1. The average Bonchev–Trinajstić information content (AvgIpc) is 2.68. The third kappa shape index (κ3) is 7.66. The van der Waals surface area contributed by atoms with E-state index in [0.29, 0.717) is 12.8 Å². The lowest BCUT2D eigenvalue weighted by Gasteiger charge is -2.25. The maximum atomic E-state index is 11.1. The Balaban J connectivity index is 1.80. The normalized spacial score (nSPS) is 15.4. The Morgan fingerprint density at radius 1 is 0.857 bits per heavy atom. The summed E-state index contributed by atoms with van der Waals surface area (Å²) in [6, 6.07) is 17.9. The van der Waals surface area contributed by atoms with Crippen LogP contribution in [-0.4, -0.2) is 58.8 Å². The van der Waals surface area contributed by atoms with Crippen LogP contribution in [0.1, 0.15) is 11.1 Å². The summed E-state index contributed by atoms with van der Waals surface area (Å²) < 4.78 is 0. The zero-order valence-corrected chi connectivity index (χ0v) is 15.7. The number of rotatable bonds is 11. The molecule has 0 fully saturated rings. The summed E-state index contributed by atoms with van der Waals surface area (Å²) >= 11 is 0. The number of hydrogen-bond donors (Lipinski definition) is 6. The van der Waals surface area contributed by atoms with Crippen LogP contribution in [0.2, 0.25) is 0 Å². The van der Waals surface area contributed by atoms with E-state index in [1.54, 1.807) is 0 Å². The second-order valence-electron chi connectivity index (χ2n) is 6.89. The molecule has 0 spiro atoms. The van der Waals surface area contributed by atoms with Gasteiger partial charge in [-0.15, -0.1) is 0 Å². The molecule has 2 aromatic rings. The van der Waals surface area contributed by atoms with E-state index in [0.717, 1.165) is 11.1 Å². The fourth-order valence-corrected chi connectivity index (χ4v) is 3.00. The molecule has 7 heteroatoms. The second-order valence-corrected chi connectivity index (χ2v) is 6.89. The zero-order chi connectivity index (χ0) is 20.4. The van der Waals surface area contributed by atoms with Gasteiger partial charge in [0.15, 0.2) is 0 Å². The summed E-state index contributed by atoms with van der Waals surface area (Å²) in [6.45, 7) is 0.336. The van der Waals surface area contributed by atoms with Gasteiger partial charge in [0.2, 0.25) is 0 Å². The van der Waals surface area contributed by atoms with Gasteiger partial charge in [-0.2, -0.15) is 0 Å². The Labute approximate surface area is 165 Å². The van der Waals surface area contributed by atoms with Crippen LogP contribution in [0.15, 0.2) is 60.7 Å². The van der Waals surface area contributed by atoms with Crippen molar-refractivity contribution in [2.45, 2.75) is 37.1 Å². The Morgan fingerprint density at radius 3 is 1.89 bits per heavy atom. The van der Waals surface area contributed by atoms with Crippen LogP contribution in [0.4, 0.5) is 4.79 Å². The van der Waals surface area contributed by atoms with Crippen molar-refractivity contribution in [2.24, 2.45) is 5.73 Å². The first-order valence-electron chi connectivity index (χ1n) is 9.35. The quantitative estimate of drug-likeness (QED) is 0.338. The molecule has 2 aromatic carbocycles. The van der Waals surface area contributed by atoms with Crippen LogP contribution >= 0.6 is 0 Å². The summed E-state index contributed by atoms with van der Waals surface area (Å²) in [5, 5.41) is 35.0. The van der Waals surface area contributed by atoms with Gasteiger partial charge in [0, 0.05) is 19.1 Å². The molecule has 0 aliphatic rings. The number of carboxylic acid groups (broad SMARTS) is 1. The van der Waals surface area contributed by atoms with E-state index in [1.165, 1.54) is 0 Å². The largest absolute Gasteiger partial charge is 0.465 e. The number of amides is 1. The maximum Gasteiger partial charge on any atom is 0.404 e. The number of aliphatic hydroxyl groups is 2. The van der Waals surface area contributed by atoms with Gasteiger partial charge in [-0.05, 0) is 24.0 Å². The Hall–Kier alpha value is -2.45. The van der Waals surface area contributed by atoms with Gasteiger partial charge in [0.05, 0.1) is 18.2 Å². The lowest BCUT2D eigenvalue weighted by molar-refractivity contribution is 0.104. The van der Waals surface area contributed by atoms with E-state index in [4.69, 9.17) is 10.8 Å². The summed E-state index contributed by atoms with van der Waals surface area (Å²) in [6.07, 6.45) is -2.01. The standard InChI is InChI=1S/C21H29N3O4/c22-17(11-15-7-3-1-4-8-15)19(25)13-23-14-20(26)18(24-21(27)28)12-16-9-5-2-6-10-16/h1-10,17-20,23-26H,11-14,22H2,(H,27,28). The van der Waals surface area contributed by atoms with E-state index in [2.05, 4.69) is 10.6 Å². The first-order valence-corrected chi connectivity index (χ1v) is 9.35. The minimum Gasteiger partial charge on any atom is -0.465 e. The number of nitrogens with two attached hydrogens (primary N) is 1. The highest BCUT2D eigenvalue weighted by atomic mass is 16.4. The molecule has 0 bridgehead atoms.